The maximum absolute atomic E-state index is 12.2. The molecule has 0 saturated heterocycles. The summed E-state index contributed by atoms with van der Waals surface area (Å²) in [5.41, 5.74) is 2.11. The number of rotatable bonds is 3. The fourth-order valence-electron chi connectivity index (χ4n) is 2.48. The molecule has 0 saturated carbocycles. The van der Waals surface area contributed by atoms with Crippen LogP contribution in [0.25, 0.3) is 11.6 Å². The lowest BCUT2D eigenvalue weighted by Crippen LogP contribution is -2.29. The van der Waals surface area contributed by atoms with E-state index in [9.17, 15) is 4.79 Å². The summed E-state index contributed by atoms with van der Waals surface area (Å²) in [5, 5.41) is 0. The van der Waals surface area contributed by atoms with Crippen molar-refractivity contribution in [1.82, 2.24) is 0 Å². The van der Waals surface area contributed by atoms with Crippen molar-refractivity contribution in [2.24, 2.45) is 0 Å². The molecular weight excluding hydrogens is 292 g/mol. The number of ether oxygens (including phenoxy) is 3. The summed E-state index contributed by atoms with van der Waals surface area (Å²) in [4.78, 5) is 12.2. The summed E-state index contributed by atoms with van der Waals surface area (Å²) in [7, 11) is 1.37. The lowest BCUT2D eigenvalue weighted by atomic mass is 10.0. The third kappa shape index (κ3) is 3.21. The Hall–Kier alpha value is -2.75. The number of benzene rings is 2. The maximum Gasteiger partial charge on any atom is 0.338 e. The highest BCUT2D eigenvalue weighted by atomic mass is 16.7. The van der Waals surface area contributed by atoms with Crippen LogP contribution in [0.4, 0.5) is 0 Å². The van der Waals surface area contributed by atoms with Crippen molar-refractivity contribution < 1.29 is 19.0 Å². The monoisotopic (exact) mass is 310 g/mol. The van der Waals surface area contributed by atoms with E-state index in [0.717, 1.165) is 11.1 Å². The van der Waals surface area contributed by atoms with Gasteiger partial charge in [-0.3, -0.25) is 0 Å². The minimum Gasteiger partial charge on any atom is -0.465 e. The average Bonchev–Trinajstić information content (AvgIpc) is 2.85. The van der Waals surface area contributed by atoms with Crippen LogP contribution >= 0.6 is 0 Å². The third-order valence-corrected chi connectivity index (χ3v) is 3.48. The number of fused-ring (bicyclic) bond motifs is 1. The molecule has 1 heterocycles. The summed E-state index contributed by atoms with van der Waals surface area (Å²) in [6.45, 7) is 3.68. The van der Waals surface area contributed by atoms with E-state index < -0.39 is 11.8 Å². The van der Waals surface area contributed by atoms with Crippen molar-refractivity contribution in [3.63, 3.8) is 0 Å². The standard InChI is InChI=1S/C19H18O4/c1-19(2)22-16-10-9-14(12-17(16)23-19)15(18(20)21-3)11-13-7-5-4-6-8-13/h4-12H,1-3H3/b15-11+. The van der Waals surface area contributed by atoms with Crippen molar-refractivity contribution >= 4 is 17.6 Å². The van der Waals surface area contributed by atoms with Crippen LogP contribution in [0.15, 0.2) is 48.5 Å². The van der Waals surface area contributed by atoms with Crippen molar-refractivity contribution in [2.75, 3.05) is 7.11 Å². The van der Waals surface area contributed by atoms with Crippen molar-refractivity contribution in [3.05, 3.63) is 59.7 Å². The van der Waals surface area contributed by atoms with E-state index in [4.69, 9.17) is 14.2 Å². The Labute approximate surface area is 135 Å². The van der Waals surface area contributed by atoms with Crippen LogP contribution in [0.3, 0.4) is 0 Å². The van der Waals surface area contributed by atoms with Crippen LogP contribution in [-0.2, 0) is 9.53 Å². The lowest BCUT2D eigenvalue weighted by Gasteiger charge is -2.16. The Morgan fingerprint density at radius 1 is 1.04 bits per heavy atom. The molecule has 1 aliphatic heterocycles. The second-order valence-corrected chi connectivity index (χ2v) is 5.73. The van der Waals surface area contributed by atoms with Gasteiger partial charge in [0.05, 0.1) is 12.7 Å². The molecule has 0 atom stereocenters. The van der Waals surface area contributed by atoms with E-state index in [-0.39, 0.29) is 0 Å². The molecule has 0 fully saturated rings. The Morgan fingerprint density at radius 2 is 1.74 bits per heavy atom. The van der Waals surface area contributed by atoms with Crippen molar-refractivity contribution in [2.45, 2.75) is 19.6 Å². The van der Waals surface area contributed by atoms with E-state index in [1.807, 2.05) is 50.2 Å². The molecule has 0 unspecified atom stereocenters. The molecule has 0 radical (unpaired) electrons. The Balaban J connectivity index is 2.03. The minimum absolute atomic E-state index is 0.396. The van der Waals surface area contributed by atoms with Crippen LogP contribution in [0, 0.1) is 0 Å². The van der Waals surface area contributed by atoms with Gasteiger partial charge >= 0.3 is 5.97 Å². The summed E-state index contributed by atoms with van der Waals surface area (Å²) in [6, 6.07) is 15.1. The predicted molar refractivity (Wildman–Crippen MR) is 88.1 cm³/mol. The first-order chi connectivity index (χ1) is 11.0. The quantitative estimate of drug-likeness (QED) is 0.490. The molecule has 0 N–H and O–H groups in total. The molecule has 2 aromatic carbocycles. The smallest absolute Gasteiger partial charge is 0.338 e. The second-order valence-electron chi connectivity index (χ2n) is 5.73. The van der Waals surface area contributed by atoms with E-state index >= 15 is 0 Å². The molecule has 0 amide bonds. The summed E-state index contributed by atoms with van der Waals surface area (Å²) in [6.07, 6.45) is 1.80. The van der Waals surface area contributed by atoms with Gasteiger partial charge in [-0.05, 0) is 29.3 Å². The second kappa shape index (κ2) is 5.80. The van der Waals surface area contributed by atoms with Crippen LogP contribution < -0.4 is 9.47 Å². The fourth-order valence-corrected chi connectivity index (χ4v) is 2.48. The molecule has 0 bridgehead atoms. The Kier molecular flexibility index (Phi) is 3.82. The zero-order chi connectivity index (χ0) is 16.4. The highest BCUT2D eigenvalue weighted by Crippen LogP contribution is 2.40. The van der Waals surface area contributed by atoms with Gasteiger partial charge in [0.1, 0.15) is 0 Å². The topological polar surface area (TPSA) is 44.8 Å². The molecule has 23 heavy (non-hydrogen) atoms. The Morgan fingerprint density at radius 3 is 2.43 bits per heavy atom. The fraction of sp³-hybridized carbons (Fsp3) is 0.211. The summed E-state index contributed by atoms with van der Waals surface area (Å²) < 4.78 is 16.3. The first-order valence-electron chi connectivity index (χ1n) is 7.36. The van der Waals surface area contributed by atoms with Gasteiger partial charge < -0.3 is 14.2 Å². The number of methoxy groups -OCH3 is 1. The van der Waals surface area contributed by atoms with Gasteiger partial charge in [0.15, 0.2) is 11.5 Å². The number of hydrogen-bond acceptors (Lipinski definition) is 4. The molecule has 4 heteroatoms. The molecule has 0 spiro atoms. The molecule has 118 valence electrons. The average molecular weight is 310 g/mol. The number of carbonyl (C=O) groups excluding carboxylic acids is 1. The van der Waals surface area contributed by atoms with Gasteiger partial charge in [-0.2, -0.15) is 0 Å². The van der Waals surface area contributed by atoms with Crippen LogP contribution in [0.5, 0.6) is 11.5 Å². The molecular formula is C19H18O4. The van der Waals surface area contributed by atoms with Crippen LogP contribution in [-0.4, -0.2) is 18.9 Å². The van der Waals surface area contributed by atoms with Gasteiger partial charge in [-0.1, -0.05) is 36.4 Å². The first kappa shape index (κ1) is 15.2. The maximum atomic E-state index is 12.2. The number of esters is 1. The molecule has 1 aliphatic rings. The predicted octanol–water partition coefficient (Wildman–Crippen LogP) is 3.91. The highest BCUT2D eigenvalue weighted by molar-refractivity contribution is 6.21. The van der Waals surface area contributed by atoms with Gasteiger partial charge in [0.2, 0.25) is 5.79 Å². The van der Waals surface area contributed by atoms with Gasteiger partial charge in [-0.25, -0.2) is 4.79 Å². The highest BCUT2D eigenvalue weighted by Gasteiger charge is 2.32. The number of hydrogen-bond donors (Lipinski definition) is 0. The molecule has 2 aromatic rings. The van der Waals surface area contributed by atoms with Gasteiger partial charge in [-0.15, -0.1) is 0 Å². The largest absolute Gasteiger partial charge is 0.465 e. The molecule has 0 aromatic heterocycles. The molecule has 0 aliphatic carbocycles. The van der Waals surface area contributed by atoms with E-state index in [1.54, 1.807) is 18.2 Å². The molecule has 4 nitrogen and oxygen atoms in total. The van der Waals surface area contributed by atoms with Gasteiger partial charge in [0, 0.05) is 13.8 Å². The lowest BCUT2D eigenvalue weighted by molar-refractivity contribution is -0.133. The van der Waals surface area contributed by atoms with Crippen LogP contribution in [0.2, 0.25) is 0 Å². The number of carbonyl (C=O) groups is 1. The minimum atomic E-state index is -0.699. The van der Waals surface area contributed by atoms with E-state index in [2.05, 4.69) is 0 Å². The summed E-state index contributed by atoms with van der Waals surface area (Å²) in [5.74, 6) is 0.195. The Bertz CT molecular complexity index is 760. The van der Waals surface area contributed by atoms with Gasteiger partial charge in [0.25, 0.3) is 0 Å². The van der Waals surface area contributed by atoms with Crippen molar-refractivity contribution in [3.8, 4) is 11.5 Å². The van der Waals surface area contributed by atoms with Crippen LogP contribution in [0.1, 0.15) is 25.0 Å². The normalized spacial score (nSPS) is 15.3. The van der Waals surface area contributed by atoms with E-state index in [0.29, 0.717) is 17.1 Å². The molecule has 3 rings (SSSR count). The zero-order valence-corrected chi connectivity index (χ0v) is 13.3. The summed E-state index contributed by atoms with van der Waals surface area (Å²) >= 11 is 0. The zero-order valence-electron chi connectivity index (χ0n) is 13.3. The van der Waals surface area contributed by atoms with Crippen molar-refractivity contribution in [1.29, 1.82) is 0 Å². The SMILES string of the molecule is COC(=O)/C(=C/c1ccccc1)c1ccc2c(c1)OC(C)(C)O2. The van der Waals surface area contributed by atoms with E-state index in [1.165, 1.54) is 7.11 Å². The third-order valence-electron chi connectivity index (χ3n) is 3.48. The first-order valence-corrected chi connectivity index (χ1v) is 7.36.